The molecule has 1 aliphatic heterocycles. The highest BCUT2D eigenvalue weighted by Crippen LogP contribution is 2.29. The van der Waals surface area contributed by atoms with Crippen LogP contribution >= 0.6 is 0 Å². The Morgan fingerprint density at radius 2 is 2.23 bits per heavy atom. The summed E-state index contributed by atoms with van der Waals surface area (Å²) in [6.07, 6.45) is 5.91. The summed E-state index contributed by atoms with van der Waals surface area (Å²) < 4.78 is 7.40. The predicted octanol–water partition coefficient (Wildman–Crippen LogP) is 3.24. The minimum Gasteiger partial charge on any atom is -0.497 e. The number of aryl methyl sites for hydroxylation is 2. The molecule has 136 valence electrons. The first kappa shape index (κ1) is 16.7. The number of aromatic amines is 1. The van der Waals surface area contributed by atoms with Gasteiger partial charge in [-0.1, -0.05) is 0 Å². The van der Waals surface area contributed by atoms with Crippen LogP contribution in [-0.4, -0.2) is 45.5 Å². The van der Waals surface area contributed by atoms with E-state index in [0.717, 1.165) is 47.6 Å². The lowest BCUT2D eigenvalue weighted by molar-refractivity contribution is 0.0705. The zero-order valence-corrected chi connectivity index (χ0v) is 15.5. The fourth-order valence-corrected chi connectivity index (χ4v) is 3.96. The molecule has 1 atom stereocenters. The summed E-state index contributed by atoms with van der Waals surface area (Å²) in [7, 11) is 3.67. The van der Waals surface area contributed by atoms with Crippen LogP contribution in [0.25, 0.3) is 10.9 Å². The Kier molecular flexibility index (Phi) is 4.18. The number of carbonyl (C=O) groups excluding carboxylic acids is 1. The Bertz CT molecular complexity index is 956. The van der Waals surface area contributed by atoms with Gasteiger partial charge in [0.25, 0.3) is 5.91 Å². The second-order valence-electron chi connectivity index (χ2n) is 7.06. The van der Waals surface area contributed by atoms with Gasteiger partial charge in [-0.25, -0.2) is 4.98 Å². The van der Waals surface area contributed by atoms with Gasteiger partial charge < -0.3 is 19.2 Å². The van der Waals surface area contributed by atoms with E-state index in [1.807, 2.05) is 43.3 Å². The molecule has 0 spiro atoms. The predicted molar refractivity (Wildman–Crippen MR) is 101 cm³/mol. The molecule has 1 amide bonds. The minimum atomic E-state index is 0.0696. The van der Waals surface area contributed by atoms with E-state index in [0.29, 0.717) is 12.1 Å². The number of benzene rings is 1. The lowest BCUT2D eigenvalue weighted by atomic mass is 9.96. The Hall–Kier alpha value is -2.76. The normalized spacial score (nSPS) is 17.7. The summed E-state index contributed by atoms with van der Waals surface area (Å²) in [6, 6.07) is 5.76. The van der Waals surface area contributed by atoms with Crippen molar-refractivity contribution in [3.63, 3.8) is 0 Å². The van der Waals surface area contributed by atoms with E-state index in [9.17, 15) is 4.79 Å². The molecule has 1 fully saturated rings. The number of hydrogen-bond acceptors (Lipinski definition) is 3. The molecule has 6 heteroatoms. The zero-order chi connectivity index (χ0) is 18.3. The van der Waals surface area contributed by atoms with Crippen molar-refractivity contribution in [1.29, 1.82) is 0 Å². The quantitative estimate of drug-likeness (QED) is 0.787. The molecule has 0 bridgehead atoms. The van der Waals surface area contributed by atoms with E-state index in [4.69, 9.17) is 4.74 Å². The van der Waals surface area contributed by atoms with Crippen molar-refractivity contribution in [2.45, 2.75) is 25.7 Å². The molecule has 4 rings (SSSR count). The van der Waals surface area contributed by atoms with Gasteiger partial charge in [0.15, 0.2) is 0 Å². The molecular formula is C20H24N4O2. The maximum absolute atomic E-state index is 13.2. The fraction of sp³-hybridized carbons (Fsp3) is 0.400. The number of hydrogen-bond donors (Lipinski definition) is 1. The number of aromatic nitrogens is 3. The Labute approximate surface area is 152 Å². The summed E-state index contributed by atoms with van der Waals surface area (Å²) in [5, 5.41) is 0.907. The first-order valence-electron chi connectivity index (χ1n) is 9.01. The number of ether oxygens (including phenoxy) is 1. The van der Waals surface area contributed by atoms with Gasteiger partial charge >= 0.3 is 0 Å². The fourth-order valence-electron chi connectivity index (χ4n) is 3.96. The Balaban J connectivity index is 1.61. The monoisotopic (exact) mass is 352 g/mol. The maximum Gasteiger partial charge on any atom is 0.256 e. The van der Waals surface area contributed by atoms with Crippen LogP contribution in [0.2, 0.25) is 0 Å². The van der Waals surface area contributed by atoms with Gasteiger partial charge in [-0.05, 0) is 38.0 Å². The van der Waals surface area contributed by atoms with Gasteiger partial charge in [0.2, 0.25) is 0 Å². The molecule has 3 aromatic rings. The summed E-state index contributed by atoms with van der Waals surface area (Å²) in [5.74, 6) is 2.18. The molecule has 0 saturated carbocycles. The highest BCUT2D eigenvalue weighted by molar-refractivity contribution is 6.07. The molecule has 1 aromatic carbocycles. The first-order chi connectivity index (χ1) is 12.6. The smallest absolute Gasteiger partial charge is 0.256 e. The van der Waals surface area contributed by atoms with Crippen molar-refractivity contribution < 1.29 is 9.53 Å². The summed E-state index contributed by atoms with van der Waals surface area (Å²) in [4.78, 5) is 23.0. The third-order valence-electron chi connectivity index (χ3n) is 5.23. The summed E-state index contributed by atoms with van der Waals surface area (Å²) in [5.41, 5.74) is 2.67. The molecule has 6 nitrogen and oxygen atoms in total. The van der Waals surface area contributed by atoms with Crippen LogP contribution in [0.3, 0.4) is 0 Å². The average Bonchev–Trinajstić information content (AvgIpc) is 3.23. The van der Waals surface area contributed by atoms with Crippen LogP contribution in [0.15, 0.2) is 30.6 Å². The van der Waals surface area contributed by atoms with Crippen molar-refractivity contribution >= 4 is 16.8 Å². The average molecular weight is 352 g/mol. The lowest BCUT2D eigenvalue weighted by Crippen LogP contribution is -2.39. The summed E-state index contributed by atoms with van der Waals surface area (Å²) in [6.45, 7) is 3.50. The molecule has 1 N–H and O–H groups in total. The van der Waals surface area contributed by atoms with Crippen LogP contribution in [0.4, 0.5) is 0 Å². The van der Waals surface area contributed by atoms with E-state index in [1.54, 1.807) is 13.3 Å². The van der Waals surface area contributed by atoms with Crippen molar-refractivity contribution in [3.8, 4) is 5.75 Å². The first-order valence-corrected chi connectivity index (χ1v) is 9.01. The van der Waals surface area contributed by atoms with E-state index in [2.05, 4.69) is 14.5 Å². The molecule has 1 aliphatic rings. The van der Waals surface area contributed by atoms with Crippen LogP contribution in [-0.2, 0) is 7.05 Å². The molecule has 0 aliphatic carbocycles. The number of rotatable bonds is 3. The van der Waals surface area contributed by atoms with E-state index >= 15 is 0 Å². The summed E-state index contributed by atoms with van der Waals surface area (Å²) >= 11 is 0. The topological polar surface area (TPSA) is 63.2 Å². The third kappa shape index (κ3) is 2.85. The standard InChI is InChI=1S/C20H24N4O2/c1-13-11-23(2)19(22-13)14-5-4-8-24(12-14)20(25)17-10-21-18-7-6-15(26-3)9-16(17)18/h6-7,9-11,14,21H,4-5,8,12H2,1-3H3. The molecule has 3 heterocycles. The van der Waals surface area contributed by atoms with Crippen LogP contribution in [0, 0.1) is 6.92 Å². The number of nitrogens with zero attached hydrogens (tertiary/aromatic N) is 3. The van der Waals surface area contributed by atoms with E-state index in [-0.39, 0.29) is 11.8 Å². The van der Waals surface area contributed by atoms with Gasteiger partial charge in [-0.3, -0.25) is 4.79 Å². The molecule has 26 heavy (non-hydrogen) atoms. The molecule has 2 aromatic heterocycles. The Morgan fingerprint density at radius 1 is 1.38 bits per heavy atom. The van der Waals surface area contributed by atoms with Crippen LogP contribution in [0.1, 0.15) is 40.6 Å². The third-order valence-corrected chi connectivity index (χ3v) is 5.23. The highest BCUT2D eigenvalue weighted by Gasteiger charge is 2.29. The van der Waals surface area contributed by atoms with Gasteiger partial charge in [0.05, 0.1) is 18.4 Å². The van der Waals surface area contributed by atoms with Crippen molar-refractivity contribution in [2.75, 3.05) is 20.2 Å². The zero-order valence-electron chi connectivity index (χ0n) is 15.5. The lowest BCUT2D eigenvalue weighted by Gasteiger charge is -2.32. The largest absolute Gasteiger partial charge is 0.497 e. The minimum absolute atomic E-state index is 0.0696. The van der Waals surface area contributed by atoms with E-state index < -0.39 is 0 Å². The van der Waals surface area contributed by atoms with Crippen molar-refractivity contribution in [1.82, 2.24) is 19.4 Å². The maximum atomic E-state index is 13.2. The molecule has 1 saturated heterocycles. The molecular weight excluding hydrogens is 328 g/mol. The molecule has 0 radical (unpaired) electrons. The number of nitrogens with one attached hydrogen (secondary N) is 1. The van der Waals surface area contributed by atoms with Gasteiger partial charge in [0.1, 0.15) is 11.6 Å². The number of likely N-dealkylation sites (tertiary alicyclic amines) is 1. The number of amides is 1. The second kappa shape index (κ2) is 6.52. The molecule has 1 unspecified atom stereocenters. The number of H-pyrrole nitrogens is 1. The second-order valence-corrected chi connectivity index (χ2v) is 7.06. The SMILES string of the molecule is COc1ccc2[nH]cc(C(=O)N3CCCC(c4nc(C)cn4C)C3)c2c1. The number of methoxy groups -OCH3 is 1. The van der Waals surface area contributed by atoms with Crippen LogP contribution < -0.4 is 4.74 Å². The number of imidazole rings is 1. The number of fused-ring (bicyclic) bond motifs is 1. The number of carbonyl (C=O) groups is 1. The van der Waals surface area contributed by atoms with Crippen LogP contribution in [0.5, 0.6) is 5.75 Å². The van der Waals surface area contributed by atoms with Crippen molar-refractivity contribution in [2.24, 2.45) is 7.05 Å². The number of piperidine rings is 1. The Morgan fingerprint density at radius 3 is 2.96 bits per heavy atom. The van der Waals surface area contributed by atoms with Crippen molar-refractivity contribution in [3.05, 3.63) is 47.7 Å². The van der Waals surface area contributed by atoms with Gasteiger partial charge in [-0.15, -0.1) is 0 Å². The van der Waals surface area contributed by atoms with Gasteiger partial charge in [-0.2, -0.15) is 0 Å². The van der Waals surface area contributed by atoms with Gasteiger partial charge in [0, 0.05) is 49.4 Å². The highest BCUT2D eigenvalue weighted by atomic mass is 16.5. The van der Waals surface area contributed by atoms with E-state index in [1.165, 1.54) is 0 Å².